The Morgan fingerprint density at radius 2 is 1.83 bits per heavy atom. The van der Waals surface area contributed by atoms with E-state index in [1.54, 1.807) is 12.1 Å². The van der Waals surface area contributed by atoms with E-state index in [9.17, 15) is 4.39 Å². The lowest BCUT2D eigenvalue weighted by atomic mass is 10.3. The maximum absolute atomic E-state index is 13.4. The zero-order valence-electron chi connectivity index (χ0n) is 7.49. The quantitative estimate of drug-likeness (QED) is 0.615. The van der Waals surface area contributed by atoms with E-state index in [-0.39, 0.29) is 10.8 Å². The van der Waals surface area contributed by atoms with Gasteiger partial charge >= 0.3 is 0 Å². The summed E-state index contributed by atoms with van der Waals surface area (Å²) in [5, 5.41) is 1.03. The van der Waals surface area contributed by atoms with Crippen LogP contribution in [0.5, 0.6) is 0 Å². The van der Waals surface area contributed by atoms with Crippen molar-refractivity contribution in [3.63, 3.8) is 0 Å². The number of benzene rings is 1. The van der Waals surface area contributed by atoms with Gasteiger partial charge in [0, 0.05) is 0 Å². The Hall–Kier alpha value is -0.343. The van der Waals surface area contributed by atoms with Crippen LogP contribution in [0.25, 0.3) is 0 Å². The van der Waals surface area contributed by atoms with Crippen molar-refractivity contribution in [2.24, 2.45) is 0 Å². The van der Waals surface area contributed by atoms with Crippen LogP contribution in [0.15, 0.2) is 18.2 Å². The van der Waals surface area contributed by atoms with Crippen molar-refractivity contribution < 1.29 is 4.39 Å². The largest absolute Gasteiger partial charge is 0.205 e. The lowest BCUT2D eigenvalue weighted by Crippen LogP contribution is -2.39. The van der Waals surface area contributed by atoms with Gasteiger partial charge in [0.25, 0.3) is 0 Å². The van der Waals surface area contributed by atoms with Crippen molar-refractivity contribution in [1.29, 1.82) is 0 Å². The fourth-order valence-corrected chi connectivity index (χ4v) is 2.73. The fraction of sp³-hybridized carbons (Fsp3) is 0.333. The first-order valence-corrected chi connectivity index (χ1v) is 7.75. The average Bonchev–Trinajstić information content (AvgIpc) is 1.92. The van der Waals surface area contributed by atoms with Gasteiger partial charge in [-0.1, -0.05) is 43.4 Å². The molecule has 0 amide bonds. The Morgan fingerprint density at radius 1 is 1.25 bits per heavy atom. The normalized spacial score (nSPS) is 11.8. The molecule has 0 saturated carbocycles. The van der Waals surface area contributed by atoms with Gasteiger partial charge in [-0.25, -0.2) is 4.39 Å². The van der Waals surface area contributed by atoms with Gasteiger partial charge in [0.05, 0.1) is 13.1 Å². The average molecular weight is 203 g/mol. The Morgan fingerprint density at radius 3 is 2.25 bits per heavy atom. The third-order valence-electron chi connectivity index (χ3n) is 1.76. The maximum atomic E-state index is 13.4. The van der Waals surface area contributed by atoms with Crippen LogP contribution in [0.4, 0.5) is 4.39 Å². The van der Waals surface area contributed by atoms with Crippen LogP contribution in [0.2, 0.25) is 24.7 Å². The molecule has 0 N–H and O–H groups in total. The van der Waals surface area contributed by atoms with Crippen LogP contribution in [0.3, 0.4) is 0 Å². The lowest BCUT2D eigenvalue weighted by Gasteiger charge is -2.17. The molecule has 1 aromatic rings. The van der Waals surface area contributed by atoms with Crippen molar-refractivity contribution in [1.82, 2.24) is 0 Å². The Balaban J connectivity index is 3.26. The van der Waals surface area contributed by atoms with Crippen molar-refractivity contribution in [3.8, 4) is 0 Å². The minimum absolute atomic E-state index is 0.231. The second-order valence-corrected chi connectivity index (χ2v) is 9.30. The van der Waals surface area contributed by atoms with Gasteiger partial charge in [0.1, 0.15) is 5.82 Å². The molecule has 0 aromatic heterocycles. The second kappa shape index (κ2) is 3.19. The molecule has 0 unspecified atom stereocenters. The van der Waals surface area contributed by atoms with Crippen molar-refractivity contribution in [2.45, 2.75) is 19.6 Å². The van der Waals surface area contributed by atoms with Crippen LogP contribution in [-0.2, 0) is 0 Å². The van der Waals surface area contributed by atoms with Crippen molar-refractivity contribution in [3.05, 3.63) is 29.0 Å². The van der Waals surface area contributed by atoms with Gasteiger partial charge in [0.15, 0.2) is 0 Å². The van der Waals surface area contributed by atoms with E-state index in [0.717, 1.165) is 5.19 Å². The maximum Gasteiger partial charge on any atom is 0.141 e. The summed E-state index contributed by atoms with van der Waals surface area (Å²) in [4.78, 5) is 0. The zero-order valence-corrected chi connectivity index (χ0v) is 9.24. The highest BCUT2D eigenvalue weighted by atomic mass is 35.5. The van der Waals surface area contributed by atoms with Crippen LogP contribution >= 0.6 is 11.6 Å². The molecule has 3 heteroatoms. The molecule has 0 saturated heterocycles. The second-order valence-electron chi connectivity index (χ2n) is 3.85. The van der Waals surface area contributed by atoms with Crippen molar-refractivity contribution in [2.75, 3.05) is 0 Å². The number of hydrogen-bond donors (Lipinski definition) is 0. The highest BCUT2D eigenvalue weighted by molar-refractivity contribution is 6.88. The van der Waals surface area contributed by atoms with Crippen LogP contribution < -0.4 is 5.19 Å². The molecular weight excluding hydrogens is 191 g/mol. The fourth-order valence-electron chi connectivity index (χ4n) is 1.08. The Bertz CT molecular complexity index is 291. The molecule has 0 heterocycles. The van der Waals surface area contributed by atoms with Crippen LogP contribution in [0.1, 0.15) is 0 Å². The van der Waals surface area contributed by atoms with Gasteiger partial charge in [-0.3, -0.25) is 0 Å². The molecule has 0 radical (unpaired) electrons. The molecule has 0 spiro atoms. The first kappa shape index (κ1) is 9.74. The predicted molar refractivity (Wildman–Crippen MR) is 54.4 cm³/mol. The first-order valence-electron chi connectivity index (χ1n) is 3.87. The lowest BCUT2D eigenvalue weighted by molar-refractivity contribution is 0.635. The summed E-state index contributed by atoms with van der Waals surface area (Å²) in [6.07, 6.45) is 0. The third-order valence-corrected chi connectivity index (χ3v) is 4.05. The smallest absolute Gasteiger partial charge is 0.141 e. The molecule has 0 fully saturated rings. The zero-order chi connectivity index (χ0) is 9.35. The Labute approximate surface area is 78.4 Å². The molecule has 0 nitrogen and oxygen atoms in total. The van der Waals surface area contributed by atoms with E-state index in [1.165, 1.54) is 0 Å². The predicted octanol–water partition coefficient (Wildman–Crippen LogP) is 3.02. The topological polar surface area (TPSA) is 0 Å². The molecule has 0 atom stereocenters. The summed E-state index contributed by atoms with van der Waals surface area (Å²) >= 11 is 5.67. The summed E-state index contributed by atoms with van der Waals surface area (Å²) in [5.41, 5.74) is 0. The molecule has 0 bridgehead atoms. The van der Waals surface area contributed by atoms with Gasteiger partial charge in [-0.15, -0.1) is 0 Å². The van der Waals surface area contributed by atoms with E-state index >= 15 is 0 Å². The van der Waals surface area contributed by atoms with Gasteiger partial charge in [-0.05, 0) is 11.3 Å². The molecular formula is C9H12ClFSi. The summed E-state index contributed by atoms with van der Waals surface area (Å²) < 4.78 is 13.4. The highest BCUT2D eigenvalue weighted by Crippen LogP contribution is 2.14. The molecule has 0 aliphatic carbocycles. The molecule has 12 heavy (non-hydrogen) atoms. The SMILES string of the molecule is C[Si](C)(C)c1cccc(Cl)c1F. The number of hydrogen-bond acceptors (Lipinski definition) is 0. The first-order chi connectivity index (χ1) is 5.43. The third kappa shape index (κ3) is 1.87. The van der Waals surface area contributed by atoms with E-state index < -0.39 is 8.07 Å². The van der Waals surface area contributed by atoms with Gasteiger partial charge < -0.3 is 0 Å². The minimum Gasteiger partial charge on any atom is -0.205 e. The van der Waals surface area contributed by atoms with E-state index in [4.69, 9.17) is 11.6 Å². The number of rotatable bonds is 1. The van der Waals surface area contributed by atoms with E-state index in [2.05, 4.69) is 19.6 Å². The molecule has 0 aliphatic heterocycles. The minimum atomic E-state index is -1.57. The van der Waals surface area contributed by atoms with Crippen molar-refractivity contribution >= 4 is 24.9 Å². The monoisotopic (exact) mass is 202 g/mol. The summed E-state index contributed by atoms with van der Waals surface area (Å²) in [6.45, 7) is 6.30. The molecule has 0 aliphatic rings. The van der Waals surface area contributed by atoms with Gasteiger partial charge in [-0.2, -0.15) is 0 Å². The molecule has 1 rings (SSSR count). The van der Waals surface area contributed by atoms with Crippen LogP contribution in [0, 0.1) is 5.82 Å². The van der Waals surface area contributed by atoms with Crippen LogP contribution in [-0.4, -0.2) is 8.07 Å². The van der Waals surface area contributed by atoms with E-state index in [1.807, 2.05) is 6.07 Å². The summed E-state index contributed by atoms with van der Waals surface area (Å²) in [6, 6.07) is 5.22. The molecule has 1 aromatic carbocycles. The number of halogens is 2. The van der Waals surface area contributed by atoms with Gasteiger partial charge in [0.2, 0.25) is 0 Å². The van der Waals surface area contributed by atoms with E-state index in [0.29, 0.717) is 0 Å². The summed E-state index contributed by atoms with van der Waals surface area (Å²) in [7, 11) is -1.57. The highest BCUT2D eigenvalue weighted by Gasteiger charge is 2.21. The summed E-state index contributed by atoms with van der Waals surface area (Å²) in [5.74, 6) is -0.238. The Kier molecular flexibility index (Phi) is 2.59. The standard InChI is InChI=1S/C9H12ClFSi/c1-12(2,3)8-6-4-5-7(10)9(8)11/h4-6H,1-3H3. The molecule has 66 valence electrons.